The highest BCUT2D eigenvalue weighted by atomic mass is 16.5. The Bertz CT molecular complexity index is 894. The Morgan fingerprint density at radius 3 is 2.47 bits per heavy atom. The molecule has 0 aromatic heterocycles. The van der Waals surface area contributed by atoms with Crippen LogP contribution in [-0.4, -0.2) is 54.3 Å². The number of carbonyl (C=O) groups excluding carboxylic acids is 2. The van der Waals surface area contributed by atoms with Gasteiger partial charge in [0, 0.05) is 13.1 Å². The fraction of sp³-hybridized carbons (Fsp3) is 0.318. The molecule has 0 fully saturated rings. The molecule has 160 valence electrons. The van der Waals surface area contributed by atoms with Crippen molar-refractivity contribution in [2.45, 2.75) is 20.8 Å². The molecular formula is C22H27N3O5. The van der Waals surface area contributed by atoms with E-state index in [-0.39, 0.29) is 23.8 Å². The maximum absolute atomic E-state index is 12.1. The second-order valence-electron chi connectivity index (χ2n) is 6.21. The summed E-state index contributed by atoms with van der Waals surface area (Å²) in [4.78, 5) is 25.9. The molecule has 0 aliphatic carbocycles. The molecule has 2 aromatic carbocycles. The first-order chi connectivity index (χ1) is 14.5. The summed E-state index contributed by atoms with van der Waals surface area (Å²) in [5, 5.41) is 13.6. The van der Waals surface area contributed by atoms with Crippen LogP contribution >= 0.6 is 0 Å². The number of ether oxygens (including phenoxy) is 2. The topological polar surface area (TPSA) is 100 Å². The summed E-state index contributed by atoms with van der Waals surface area (Å²) >= 11 is 0. The van der Waals surface area contributed by atoms with E-state index in [1.165, 1.54) is 18.3 Å². The number of nitrogens with one attached hydrogen (secondary N) is 1. The highest BCUT2D eigenvalue weighted by Gasteiger charge is 2.13. The minimum absolute atomic E-state index is 0.0776. The van der Waals surface area contributed by atoms with E-state index in [2.05, 4.69) is 10.5 Å². The summed E-state index contributed by atoms with van der Waals surface area (Å²) in [7, 11) is 0. The number of phenolic OH excluding ortho intramolecular Hbond substituents is 1. The standard InChI is InChI=1S/C22H27N3O5/c1-4-25(5-2)21(27)15-30-19-12-11-16(13-20(19)29-6-3)14-23-24-22(28)17-9-7-8-10-18(17)26/h7-14,26H,4-6,15H2,1-3H3,(H,24,28)/b23-14-. The Balaban J connectivity index is 2.05. The predicted molar refractivity (Wildman–Crippen MR) is 114 cm³/mol. The number of aromatic hydroxyl groups is 1. The zero-order valence-electron chi connectivity index (χ0n) is 17.4. The highest BCUT2D eigenvalue weighted by Crippen LogP contribution is 2.28. The number of carbonyl (C=O) groups is 2. The Labute approximate surface area is 176 Å². The number of phenols is 1. The molecule has 0 saturated carbocycles. The van der Waals surface area contributed by atoms with Gasteiger partial charge in [0.1, 0.15) is 5.75 Å². The van der Waals surface area contributed by atoms with E-state index >= 15 is 0 Å². The van der Waals surface area contributed by atoms with Crippen LogP contribution < -0.4 is 14.9 Å². The van der Waals surface area contributed by atoms with Crippen molar-refractivity contribution in [1.29, 1.82) is 0 Å². The predicted octanol–water partition coefficient (Wildman–Crippen LogP) is 2.80. The van der Waals surface area contributed by atoms with Gasteiger partial charge < -0.3 is 19.5 Å². The highest BCUT2D eigenvalue weighted by molar-refractivity contribution is 5.97. The van der Waals surface area contributed by atoms with Gasteiger partial charge in [0.2, 0.25) is 0 Å². The quantitative estimate of drug-likeness (QED) is 0.461. The summed E-state index contributed by atoms with van der Waals surface area (Å²) < 4.78 is 11.3. The molecule has 0 bridgehead atoms. The Kier molecular flexibility index (Phi) is 8.68. The zero-order chi connectivity index (χ0) is 21.9. The maximum atomic E-state index is 12.1. The number of hydrogen-bond donors (Lipinski definition) is 2. The van der Waals surface area contributed by atoms with Crippen LogP contribution in [0.1, 0.15) is 36.7 Å². The second kappa shape index (κ2) is 11.5. The van der Waals surface area contributed by atoms with Gasteiger partial charge in [-0.2, -0.15) is 5.10 Å². The van der Waals surface area contributed by atoms with Gasteiger partial charge in [-0.3, -0.25) is 9.59 Å². The van der Waals surface area contributed by atoms with Crippen molar-refractivity contribution < 1.29 is 24.2 Å². The minimum Gasteiger partial charge on any atom is -0.507 e. The third-order valence-corrected chi connectivity index (χ3v) is 4.26. The molecule has 0 unspecified atom stereocenters. The van der Waals surface area contributed by atoms with Crippen LogP contribution in [0.3, 0.4) is 0 Å². The second-order valence-corrected chi connectivity index (χ2v) is 6.21. The van der Waals surface area contributed by atoms with Gasteiger partial charge in [-0.05, 0) is 56.7 Å². The largest absolute Gasteiger partial charge is 0.507 e. The van der Waals surface area contributed by atoms with Gasteiger partial charge in [-0.25, -0.2) is 5.43 Å². The molecule has 8 heteroatoms. The van der Waals surface area contributed by atoms with Crippen molar-refractivity contribution in [3.63, 3.8) is 0 Å². The van der Waals surface area contributed by atoms with Crippen molar-refractivity contribution in [1.82, 2.24) is 10.3 Å². The Morgan fingerprint density at radius 1 is 1.07 bits per heavy atom. The summed E-state index contributed by atoms with van der Waals surface area (Å²) in [6.07, 6.45) is 1.45. The average Bonchev–Trinajstić information content (AvgIpc) is 2.74. The van der Waals surface area contributed by atoms with Gasteiger partial charge in [0.05, 0.1) is 18.4 Å². The first kappa shape index (κ1) is 22.7. The molecule has 0 aliphatic heterocycles. The van der Waals surface area contributed by atoms with Crippen LogP contribution in [-0.2, 0) is 4.79 Å². The molecule has 0 radical (unpaired) electrons. The number of amides is 2. The van der Waals surface area contributed by atoms with E-state index < -0.39 is 5.91 Å². The van der Waals surface area contributed by atoms with E-state index in [0.717, 1.165) is 0 Å². The first-order valence-corrected chi connectivity index (χ1v) is 9.78. The van der Waals surface area contributed by atoms with E-state index in [0.29, 0.717) is 36.8 Å². The van der Waals surface area contributed by atoms with Crippen LogP contribution in [0.4, 0.5) is 0 Å². The van der Waals surface area contributed by atoms with E-state index in [1.54, 1.807) is 35.2 Å². The summed E-state index contributed by atoms with van der Waals surface area (Å²) in [5.41, 5.74) is 3.16. The normalized spacial score (nSPS) is 10.6. The summed E-state index contributed by atoms with van der Waals surface area (Å²) in [6.45, 7) is 7.27. The van der Waals surface area contributed by atoms with Crippen molar-refractivity contribution in [2.75, 3.05) is 26.3 Å². The van der Waals surface area contributed by atoms with Crippen molar-refractivity contribution in [3.8, 4) is 17.2 Å². The maximum Gasteiger partial charge on any atom is 0.275 e. The lowest BCUT2D eigenvalue weighted by Gasteiger charge is -2.19. The van der Waals surface area contributed by atoms with Crippen LogP contribution in [0.25, 0.3) is 0 Å². The fourth-order valence-corrected chi connectivity index (χ4v) is 2.69. The number of para-hydroxylation sites is 1. The lowest BCUT2D eigenvalue weighted by atomic mass is 10.2. The average molecular weight is 413 g/mol. The van der Waals surface area contributed by atoms with Gasteiger partial charge in [-0.1, -0.05) is 12.1 Å². The molecule has 30 heavy (non-hydrogen) atoms. The van der Waals surface area contributed by atoms with Crippen LogP contribution in [0, 0.1) is 0 Å². The molecule has 2 N–H and O–H groups in total. The number of likely N-dealkylation sites (N-methyl/N-ethyl adjacent to an activating group) is 1. The van der Waals surface area contributed by atoms with Crippen molar-refractivity contribution >= 4 is 18.0 Å². The number of hydrazone groups is 1. The van der Waals surface area contributed by atoms with Gasteiger partial charge >= 0.3 is 0 Å². The Morgan fingerprint density at radius 2 is 1.80 bits per heavy atom. The van der Waals surface area contributed by atoms with Crippen LogP contribution in [0.2, 0.25) is 0 Å². The number of hydrogen-bond acceptors (Lipinski definition) is 6. The third-order valence-electron chi connectivity index (χ3n) is 4.26. The van der Waals surface area contributed by atoms with Gasteiger partial charge in [-0.15, -0.1) is 0 Å². The fourth-order valence-electron chi connectivity index (χ4n) is 2.69. The smallest absolute Gasteiger partial charge is 0.275 e. The molecule has 2 rings (SSSR count). The SMILES string of the molecule is CCOc1cc(/C=N\NC(=O)c2ccccc2O)ccc1OCC(=O)N(CC)CC. The molecule has 2 amide bonds. The molecule has 2 aromatic rings. The molecular weight excluding hydrogens is 386 g/mol. The van der Waals surface area contributed by atoms with Gasteiger partial charge in [0.25, 0.3) is 11.8 Å². The zero-order valence-corrected chi connectivity index (χ0v) is 17.4. The number of rotatable bonds is 10. The lowest BCUT2D eigenvalue weighted by Crippen LogP contribution is -2.34. The minimum atomic E-state index is -0.524. The molecule has 0 aliphatic rings. The molecule has 0 heterocycles. The van der Waals surface area contributed by atoms with Gasteiger partial charge in [0.15, 0.2) is 18.1 Å². The van der Waals surface area contributed by atoms with Crippen molar-refractivity contribution in [2.24, 2.45) is 5.10 Å². The summed E-state index contributed by atoms with van der Waals surface area (Å²) in [6, 6.07) is 11.3. The molecule has 8 nitrogen and oxygen atoms in total. The Hall–Kier alpha value is -3.55. The monoisotopic (exact) mass is 413 g/mol. The molecule has 0 atom stereocenters. The first-order valence-electron chi connectivity index (χ1n) is 9.78. The third kappa shape index (κ3) is 6.23. The lowest BCUT2D eigenvalue weighted by molar-refractivity contribution is -0.133. The van der Waals surface area contributed by atoms with Crippen LogP contribution in [0.15, 0.2) is 47.6 Å². The van der Waals surface area contributed by atoms with E-state index in [4.69, 9.17) is 9.47 Å². The van der Waals surface area contributed by atoms with E-state index in [9.17, 15) is 14.7 Å². The van der Waals surface area contributed by atoms with Crippen LogP contribution in [0.5, 0.6) is 17.2 Å². The van der Waals surface area contributed by atoms with Crippen molar-refractivity contribution in [3.05, 3.63) is 53.6 Å². The number of nitrogens with zero attached hydrogens (tertiary/aromatic N) is 2. The molecule has 0 spiro atoms. The van der Waals surface area contributed by atoms with E-state index in [1.807, 2.05) is 20.8 Å². The summed E-state index contributed by atoms with van der Waals surface area (Å²) in [5.74, 6) is 0.183. The molecule has 0 saturated heterocycles. The number of benzene rings is 2.